The number of piperidine rings is 1. The van der Waals surface area contributed by atoms with Gasteiger partial charge in [-0.05, 0) is 51.1 Å². The summed E-state index contributed by atoms with van der Waals surface area (Å²) in [6.45, 7) is 3.96. The van der Waals surface area contributed by atoms with Crippen LogP contribution in [0.3, 0.4) is 0 Å². The van der Waals surface area contributed by atoms with Crippen molar-refractivity contribution in [2.75, 3.05) is 27.2 Å². The van der Waals surface area contributed by atoms with Gasteiger partial charge in [0.2, 0.25) is 0 Å². The van der Waals surface area contributed by atoms with Crippen molar-refractivity contribution in [1.82, 2.24) is 14.8 Å². The number of benzene rings is 1. The molecule has 1 aliphatic rings. The van der Waals surface area contributed by atoms with Crippen molar-refractivity contribution in [3.63, 3.8) is 0 Å². The minimum Gasteiger partial charge on any atom is -0.345 e. The quantitative estimate of drug-likeness (QED) is 0.819. The lowest BCUT2D eigenvalue weighted by atomic mass is 9.89. The maximum atomic E-state index is 13.9. The van der Waals surface area contributed by atoms with Crippen molar-refractivity contribution in [2.45, 2.75) is 32.2 Å². The molecule has 2 heterocycles. The summed E-state index contributed by atoms with van der Waals surface area (Å²) in [5, 5.41) is 0. The molecule has 144 valence electrons. The van der Waals surface area contributed by atoms with Crippen molar-refractivity contribution in [3.05, 3.63) is 64.5 Å². The van der Waals surface area contributed by atoms with Gasteiger partial charge in [-0.15, -0.1) is 0 Å². The Morgan fingerprint density at radius 2 is 1.89 bits per heavy atom. The molecule has 1 amide bonds. The van der Waals surface area contributed by atoms with Gasteiger partial charge in [0, 0.05) is 43.9 Å². The van der Waals surface area contributed by atoms with E-state index in [4.69, 9.17) is 0 Å². The molecule has 0 radical (unpaired) electrons. The van der Waals surface area contributed by atoms with Crippen molar-refractivity contribution in [2.24, 2.45) is 0 Å². The van der Waals surface area contributed by atoms with Crippen LogP contribution in [-0.4, -0.2) is 47.9 Å². The monoisotopic (exact) mass is 373 g/mol. The third-order valence-corrected chi connectivity index (χ3v) is 5.08. The molecular formula is C21H25F2N3O. The van der Waals surface area contributed by atoms with E-state index in [9.17, 15) is 13.6 Å². The lowest BCUT2D eigenvalue weighted by Gasteiger charge is -2.32. The van der Waals surface area contributed by atoms with Crippen LogP contribution < -0.4 is 0 Å². The largest absolute Gasteiger partial charge is 0.345 e. The molecule has 4 nitrogen and oxygen atoms in total. The number of amides is 1. The number of hydrogen-bond acceptors (Lipinski definition) is 3. The Labute approximate surface area is 158 Å². The molecule has 6 heteroatoms. The summed E-state index contributed by atoms with van der Waals surface area (Å²) in [7, 11) is 3.48. The van der Waals surface area contributed by atoms with Gasteiger partial charge >= 0.3 is 0 Å². The number of carbonyl (C=O) groups is 1. The molecule has 2 aromatic rings. The standard InChI is InChI=1S/C21H25F2N3O/c1-14-4-7-18(21(27)25(2)3)20(24-14)15-8-10-26(11-9-15)13-16-5-6-17(22)12-19(16)23/h4-7,12,15H,8-11,13H2,1-3H3. The van der Waals surface area contributed by atoms with E-state index < -0.39 is 11.6 Å². The van der Waals surface area contributed by atoms with Crippen LogP contribution in [0.1, 0.15) is 46.1 Å². The molecule has 0 bridgehead atoms. The normalized spacial score (nSPS) is 15.7. The second kappa shape index (κ2) is 8.13. The van der Waals surface area contributed by atoms with Crippen LogP contribution in [0.4, 0.5) is 8.78 Å². The third kappa shape index (κ3) is 4.50. The zero-order valence-electron chi connectivity index (χ0n) is 16.0. The summed E-state index contributed by atoms with van der Waals surface area (Å²) in [6.07, 6.45) is 1.71. The first-order chi connectivity index (χ1) is 12.8. The molecule has 0 atom stereocenters. The molecule has 1 aromatic heterocycles. The first kappa shape index (κ1) is 19.4. The van der Waals surface area contributed by atoms with Crippen molar-refractivity contribution < 1.29 is 13.6 Å². The molecule has 0 aliphatic carbocycles. The second-order valence-electron chi connectivity index (χ2n) is 7.37. The summed E-state index contributed by atoms with van der Waals surface area (Å²) < 4.78 is 27.0. The number of nitrogens with zero attached hydrogens (tertiary/aromatic N) is 3. The van der Waals surface area contributed by atoms with E-state index in [-0.39, 0.29) is 11.8 Å². The maximum Gasteiger partial charge on any atom is 0.255 e. The Kier molecular flexibility index (Phi) is 5.85. The molecule has 0 N–H and O–H groups in total. The van der Waals surface area contributed by atoms with Crippen LogP contribution in [-0.2, 0) is 6.54 Å². The smallest absolute Gasteiger partial charge is 0.255 e. The van der Waals surface area contributed by atoms with Gasteiger partial charge in [0.1, 0.15) is 11.6 Å². The number of aromatic nitrogens is 1. The van der Waals surface area contributed by atoms with E-state index in [0.29, 0.717) is 17.7 Å². The summed E-state index contributed by atoms with van der Waals surface area (Å²) in [5.74, 6) is -0.888. The molecule has 1 fully saturated rings. The fourth-order valence-corrected chi connectivity index (χ4v) is 3.57. The molecule has 0 spiro atoms. The van der Waals surface area contributed by atoms with Crippen molar-refractivity contribution >= 4 is 5.91 Å². The topological polar surface area (TPSA) is 36.4 Å². The number of aryl methyl sites for hydroxylation is 1. The Balaban J connectivity index is 1.70. The summed E-state index contributed by atoms with van der Waals surface area (Å²) in [4.78, 5) is 20.9. The molecule has 0 saturated carbocycles. The summed E-state index contributed by atoms with van der Waals surface area (Å²) >= 11 is 0. The number of hydrogen-bond donors (Lipinski definition) is 0. The van der Waals surface area contributed by atoms with E-state index >= 15 is 0 Å². The Morgan fingerprint density at radius 3 is 2.52 bits per heavy atom. The van der Waals surface area contributed by atoms with Gasteiger partial charge in [-0.1, -0.05) is 6.07 Å². The number of pyridine rings is 1. The van der Waals surface area contributed by atoms with Gasteiger partial charge < -0.3 is 4.90 Å². The Morgan fingerprint density at radius 1 is 1.19 bits per heavy atom. The number of likely N-dealkylation sites (tertiary alicyclic amines) is 1. The third-order valence-electron chi connectivity index (χ3n) is 5.08. The molecular weight excluding hydrogens is 348 g/mol. The minimum absolute atomic E-state index is 0.0340. The maximum absolute atomic E-state index is 13.9. The minimum atomic E-state index is -0.557. The van der Waals surface area contributed by atoms with Gasteiger partial charge in [0.15, 0.2) is 0 Å². The SMILES string of the molecule is Cc1ccc(C(=O)N(C)C)c(C2CCN(Cc3ccc(F)cc3F)CC2)n1. The molecule has 1 aliphatic heterocycles. The second-order valence-corrected chi connectivity index (χ2v) is 7.37. The van der Waals surface area contributed by atoms with Crippen LogP contribution in [0.25, 0.3) is 0 Å². The molecule has 1 saturated heterocycles. The van der Waals surface area contributed by atoms with Gasteiger partial charge in [0.25, 0.3) is 5.91 Å². The van der Waals surface area contributed by atoms with Crippen LogP contribution in [0.15, 0.2) is 30.3 Å². The fourth-order valence-electron chi connectivity index (χ4n) is 3.57. The summed E-state index contributed by atoms with van der Waals surface area (Å²) in [6, 6.07) is 7.46. The highest BCUT2D eigenvalue weighted by atomic mass is 19.1. The van der Waals surface area contributed by atoms with Crippen molar-refractivity contribution in [1.29, 1.82) is 0 Å². The first-order valence-electron chi connectivity index (χ1n) is 9.20. The molecule has 0 unspecified atom stereocenters. The first-order valence-corrected chi connectivity index (χ1v) is 9.20. The summed E-state index contributed by atoms with van der Waals surface area (Å²) in [5.41, 5.74) is 2.93. The van der Waals surface area contributed by atoms with Crippen molar-refractivity contribution in [3.8, 4) is 0 Å². The van der Waals surface area contributed by atoms with Crippen LogP contribution in [0.2, 0.25) is 0 Å². The van der Waals surface area contributed by atoms with Gasteiger partial charge in [-0.3, -0.25) is 14.7 Å². The molecule has 3 rings (SSSR count). The van der Waals surface area contributed by atoms with E-state index in [2.05, 4.69) is 9.88 Å². The van der Waals surface area contributed by atoms with E-state index in [1.54, 1.807) is 19.0 Å². The Bertz CT molecular complexity index is 830. The van der Waals surface area contributed by atoms with Gasteiger partial charge in [-0.2, -0.15) is 0 Å². The zero-order valence-corrected chi connectivity index (χ0v) is 16.0. The molecule has 1 aromatic carbocycles. The van der Waals surface area contributed by atoms with Crippen LogP contribution in [0, 0.1) is 18.6 Å². The average Bonchev–Trinajstić information content (AvgIpc) is 2.64. The lowest BCUT2D eigenvalue weighted by molar-refractivity contribution is 0.0824. The molecule has 27 heavy (non-hydrogen) atoms. The highest BCUT2D eigenvalue weighted by Gasteiger charge is 2.26. The number of carbonyl (C=O) groups excluding carboxylic acids is 1. The van der Waals surface area contributed by atoms with Gasteiger partial charge in [-0.25, -0.2) is 8.78 Å². The van der Waals surface area contributed by atoms with Crippen LogP contribution in [0.5, 0.6) is 0 Å². The predicted molar refractivity (Wildman–Crippen MR) is 101 cm³/mol. The van der Waals surface area contributed by atoms with Gasteiger partial charge in [0.05, 0.1) is 11.3 Å². The average molecular weight is 373 g/mol. The number of halogens is 2. The van der Waals surface area contributed by atoms with E-state index in [1.165, 1.54) is 12.1 Å². The zero-order chi connectivity index (χ0) is 19.6. The number of rotatable bonds is 4. The highest BCUT2D eigenvalue weighted by Crippen LogP contribution is 2.30. The fraction of sp³-hybridized carbons (Fsp3) is 0.429. The van der Waals surface area contributed by atoms with E-state index in [0.717, 1.165) is 43.4 Å². The predicted octanol–water partition coefficient (Wildman–Crippen LogP) is 3.75. The van der Waals surface area contributed by atoms with E-state index in [1.807, 2.05) is 19.1 Å². The van der Waals surface area contributed by atoms with Crippen LogP contribution >= 0.6 is 0 Å². The highest BCUT2D eigenvalue weighted by molar-refractivity contribution is 5.95. The lowest BCUT2D eigenvalue weighted by Crippen LogP contribution is -2.34. The Hall–Kier alpha value is -2.34.